The van der Waals surface area contributed by atoms with Gasteiger partial charge in [0.15, 0.2) is 0 Å². The molecule has 0 unspecified atom stereocenters. The van der Waals surface area contributed by atoms with Crippen molar-refractivity contribution in [2.45, 2.75) is 0 Å². The van der Waals surface area contributed by atoms with Crippen LogP contribution in [0.5, 0.6) is 0 Å². The first kappa shape index (κ1) is 33.8. The predicted molar refractivity (Wildman–Crippen MR) is 249 cm³/mol. The third-order valence-electron chi connectivity index (χ3n) is 11.8. The van der Waals surface area contributed by atoms with Gasteiger partial charge in [0.25, 0.3) is 0 Å². The summed E-state index contributed by atoms with van der Waals surface area (Å²) in [7, 11) is 0. The molecular weight excluding hydrogens is 697 g/mol. The van der Waals surface area contributed by atoms with Gasteiger partial charge in [-0.1, -0.05) is 194 Å². The Labute approximate surface area is 339 Å². The van der Waals surface area contributed by atoms with Crippen LogP contribution in [-0.4, -0.2) is 0 Å². The Morgan fingerprint density at radius 1 is 0.138 bits per heavy atom. The number of benzene rings is 11. The van der Waals surface area contributed by atoms with E-state index in [-0.39, 0.29) is 0 Å². The van der Waals surface area contributed by atoms with Crippen LogP contribution in [0.3, 0.4) is 0 Å². The monoisotopic (exact) mass is 734 g/mol. The fraction of sp³-hybridized carbons (Fsp3) is 0. The molecule has 11 rings (SSSR count). The van der Waals surface area contributed by atoms with Crippen molar-refractivity contribution >= 4 is 43.1 Å². The van der Waals surface area contributed by atoms with Crippen molar-refractivity contribution in [2.24, 2.45) is 0 Å². The van der Waals surface area contributed by atoms with Crippen LogP contribution in [0.25, 0.3) is 110 Å². The molecule has 0 heteroatoms. The maximum atomic E-state index is 2.38. The summed E-state index contributed by atoms with van der Waals surface area (Å²) >= 11 is 0. The van der Waals surface area contributed by atoms with Gasteiger partial charge >= 0.3 is 0 Å². The molecule has 0 aliphatic heterocycles. The molecule has 58 heavy (non-hydrogen) atoms. The van der Waals surface area contributed by atoms with Gasteiger partial charge < -0.3 is 0 Å². The van der Waals surface area contributed by atoms with Gasteiger partial charge in [0.05, 0.1) is 0 Å². The van der Waals surface area contributed by atoms with Gasteiger partial charge in [0.1, 0.15) is 0 Å². The zero-order chi connectivity index (χ0) is 38.4. The van der Waals surface area contributed by atoms with E-state index in [1.807, 2.05) is 0 Å². The molecule has 0 saturated carbocycles. The van der Waals surface area contributed by atoms with Gasteiger partial charge in [-0.2, -0.15) is 0 Å². The molecule has 0 aliphatic rings. The highest BCUT2D eigenvalue weighted by molar-refractivity contribution is 6.25. The zero-order valence-corrected chi connectivity index (χ0v) is 31.9. The van der Waals surface area contributed by atoms with E-state index < -0.39 is 0 Å². The Morgan fingerprint density at radius 3 is 0.862 bits per heavy atom. The summed E-state index contributed by atoms with van der Waals surface area (Å²) in [6.45, 7) is 0. The van der Waals surface area contributed by atoms with Crippen molar-refractivity contribution in [3.63, 3.8) is 0 Å². The minimum Gasteiger partial charge on any atom is -0.0622 e. The van der Waals surface area contributed by atoms with E-state index in [1.165, 1.54) is 110 Å². The third-order valence-corrected chi connectivity index (χ3v) is 11.8. The molecule has 0 radical (unpaired) electrons. The first-order valence-electron chi connectivity index (χ1n) is 20.1. The van der Waals surface area contributed by atoms with Crippen LogP contribution in [0.15, 0.2) is 231 Å². The molecule has 0 nitrogen and oxygen atoms in total. The fourth-order valence-corrected chi connectivity index (χ4v) is 8.79. The minimum absolute atomic E-state index is 1.20. The van der Waals surface area contributed by atoms with E-state index in [2.05, 4.69) is 231 Å². The second-order valence-electron chi connectivity index (χ2n) is 15.3. The van der Waals surface area contributed by atoms with Gasteiger partial charge in [-0.15, -0.1) is 0 Å². The molecule has 0 bridgehead atoms. The second kappa shape index (κ2) is 14.2. The summed E-state index contributed by atoms with van der Waals surface area (Å²) in [6.07, 6.45) is 0. The van der Waals surface area contributed by atoms with Crippen molar-refractivity contribution in [3.8, 4) is 66.8 Å². The maximum Gasteiger partial charge on any atom is -0.00928 e. The molecule has 0 atom stereocenters. The summed E-state index contributed by atoms with van der Waals surface area (Å²) in [5.41, 5.74) is 14.5. The molecule has 0 fully saturated rings. The van der Waals surface area contributed by atoms with E-state index in [9.17, 15) is 0 Å². The average molecular weight is 735 g/mol. The first-order valence-corrected chi connectivity index (χ1v) is 20.1. The lowest BCUT2D eigenvalue weighted by Crippen LogP contribution is -1.88. The van der Waals surface area contributed by atoms with E-state index in [4.69, 9.17) is 0 Å². The van der Waals surface area contributed by atoms with E-state index in [0.717, 1.165) is 0 Å². The Hall–Kier alpha value is -7.54. The Bertz CT molecular complexity index is 3150. The van der Waals surface area contributed by atoms with Gasteiger partial charge in [0, 0.05) is 0 Å². The molecule has 0 aliphatic carbocycles. The molecular formula is C58H38. The van der Waals surface area contributed by atoms with Gasteiger partial charge in [-0.05, 0) is 146 Å². The summed E-state index contributed by atoms with van der Waals surface area (Å²) < 4.78 is 0. The van der Waals surface area contributed by atoms with Gasteiger partial charge in [-0.3, -0.25) is 0 Å². The first-order chi connectivity index (χ1) is 28.7. The highest BCUT2D eigenvalue weighted by atomic mass is 14.2. The quantitative estimate of drug-likeness (QED) is 0.149. The third kappa shape index (κ3) is 6.13. The molecule has 0 spiro atoms. The van der Waals surface area contributed by atoms with Crippen LogP contribution in [0, 0.1) is 0 Å². The minimum atomic E-state index is 1.20. The van der Waals surface area contributed by atoms with E-state index in [1.54, 1.807) is 0 Å². The molecule has 0 N–H and O–H groups in total. The maximum absolute atomic E-state index is 2.38. The lowest BCUT2D eigenvalue weighted by Gasteiger charge is -2.14. The summed E-state index contributed by atoms with van der Waals surface area (Å²) in [5.74, 6) is 0. The van der Waals surface area contributed by atoms with Crippen molar-refractivity contribution < 1.29 is 0 Å². The Kier molecular flexibility index (Phi) is 8.26. The summed E-state index contributed by atoms with van der Waals surface area (Å²) in [5, 5.41) is 10.2. The second-order valence-corrected chi connectivity index (χ2v) is 15.3. The molecule has 0 saturated heterocycles. The lowest BCUT2D eigenvalue weighted by molar-refractivity contribution is 1.56. The summed E-state index contributed by atoms with van der Waals surface area (Å²) in [4.78, 5) is 0. The summed E-state index contributed by atoms with van der Waals surface area (Å²) in [6, 6.07) is 84.5. The average Bonchev–Trinajstić information content (AvgIpc) is 3.31. The van der Waals surface area contributed by atoms with Crippen LogP contribution in [-0.2, 0) is 0 Å². The number of hydrogen-bond acceptors (Lipinski definition) is 0. The number of rotatable bonds is 6. The van der Waals surface area contributed by atoms with Crippen molar-refractivity contribution in [1.82, 2.24) is 0 Å². The normalized spacial score (nSPS) is 11.4. The van der Waals surface area contributed by atoms with Crippen LogP contribution in [0.4, 0.5) is 0 Å². The molecule has 270 valence electrons. The Balaban J connectivity index is 0.983. The van der Waals surface area contributed by atoms with E-state index >= 15 is 0 Å². The fourth-order valence-electron chi connectivity index (χ4n) is 8.79. The zero-order valence-electron chi connectivity index (χ0n) is 31.9. The standard InChI is InChI=1S/C58H38/c1-3-11-39(12-4-1)41-19-23-43(24-20-41)50-35-51(44-25-21-42(22-26-44)40-13-5-2-6-14-40)37-52(36-50)48-30-29-45-33-47(28-27-46(45)34-48)49-31-32-57-55-17-8-7-15-53(55)54-16-9-10-18-56(54)58(57)38-49/h1-38H. The molecule has 11 aromatic rings. The molecule has 0 heterocycles. The van der Waals surface area contributed by atoms with Crippen molar-refractivity contribution in [1.29, 1.82) is 0 Å². The van der Waals surface area contributed by atoms with Gasteiger partial charge in [0.2, 0.25) is 0 Å². The van der Waals surface area contributed by atoms with Crippen LogP contribution in [0.2, 0.25) is 0 Å². The van der Waals surface area contributed by atoms with Crippen LogP contribution < -0.4 is 0 Å². The molecule has 11 aromatic carbocycles. The highest BCUT2D eigenvalue weighted by Crippen LogP contribution is 2.39. The largest absolute Gasteiger partial charge is 0.0622 e. The van der Waals surface area contributed by atoms with Crippen LogP contribution >= 0.6 is 0 Å². The topological polar surface area (TPSA) is 0 Å². The molecule has 0 aromatic heterocycles. The van der Waals surface area contributed by atoms with Gasteiger partial charge in [-0.25, -0.2) is 0 Å². The van der Waals surface area contributed by atoms with Crippen molar-refractivity contribution in [2.75, 3.05) is 0 Å². The molecule has 0 amide bonds. The lowest BCUT2D eigenvalue weighted by atomic mass is 9.90. The number of fused-ring (bicyclic) bond motifs is 7. The smallest absolute Gasteiger partial charge is 0.00928 e. The van der Waals surface area contributed by atoms with Crippen molar-refractivity contribution in [3.05, 3.63) is 231 Å². The van der Waals surface area contributed by atoms with Crippen LogP contribution in [0.1, 0.15) is 0 Å². The SMILES string of the molecule is c1ccc(-c2ccc(-c3cc(-c4ccc(-c5ccccc5)cc4)cc(-c4ccc5cc(-c6ccc7c8ccccc8c8ccccc8c7c6)ccc5c4)c3)cc2)cc1. The highest BCUT2D eigenvalue weighted by Gasteiger charge is 2.12. The Morgan fingerprint density at radius 2 is 0.414 bits per heavy atom. The van der Waals surface area contributed by atoms with E-state index in [0.29, 0.717) is 0 Å². The predicted octanol–water partition coefficient (Wildman–Crippen LogP) is 16.3. The number of hydrogen-bond donors (Lipinski definition) is 0.